The lowest BCUT2D eigenvalue weighted by molar-refractivity contribution is -0.267. The highest BCUT2D eigenvalue weighted by Crippen LogP contribution is 2.35. The monoisotopic (exact) mass is 208 g/mol. The molecule has 1 saturated carbocycles. The quantitative estimate of drug-likeness (QED) is 0.272. The lowest BCUT2D eigenvalue weighted by atomic mass is 9.70. The fourth-order valence-electron chi connectivity index (χ4n) is 1.83. The van der Waals surface area contributed by atoms with E-state index in [1.165, 1.54) is 0 Å². The molecule has 84 valence electrons. The zero-order valence-electron chi connectivity index (χ0n) is 7.83. The Morgan fingerprint density at radius 3 is 2.14 bits per heavy atom. The van der Waals surface area contributed by atoms with Crippen LogP contribution in [0.1, 0.15) is 13.3 Å². The normalized spacial score (nSPS) is 54.6. The van der Waals surface area contributed by atoms with Crippen LogP contribution in [0.2, 0.25) is 0 Å². The fraction of sp³-hybridized carbons (Fsp3) is 1.00. The van der Waals surface area contributed by atoms with Crippen molar-refractivity contribution in [1.29, 1.82) is 0 Å². The molecule has 1 aliphatic carbocycles. The summed E-state index contributed by atoms with van der Waals surface area (Å²) >= 11 is 0. The Labute approximate surface area is 81.1 Å². The molecule has 5 atom stereocenters. The number of hydrogen-bond acceptors (Lipinski definition) is 6. The minimum Gasteiger partial charge on any atom is -0.393 e. The van der Waals surface area contributed by atoms with Crippen LogP contribution in [0.3, 0.4) is 0 Å². The third-order valence-corrected chi connectivity index (χ3v) is 2.86. The van der Waals surface area contributed by atoms with Crippen LogP contribution >= 0.6 is 0 Å². The smallest absolute Gasteiger partial charge is 0.119 e. The fourth-order valence-corrected chi connectivity index (χ4v) is 1.83. The van der Waals surface area contributed by atoms with E-state index >= 15 is 0 Å². The summed E-state index contributed by atoms with van der Waals surface area (Å²) in [6.07, 6.45) is -5.03. The first-order valence-corrected chi connectivity index (χ1v) is 4.35. The van der Waals surface area contributed by atoms with Crippen molar-refractivity contribution in [1.82, 2.24) is 0 Å². The predicted octanol–water partition coefficient (Wildman–Crippen LogP) is -3.05. The maximum absolute atomic E-state index is 9.64. The average Bonchev–Trinajstić information content (AvgIpc) is 2.13. The molecule has 0 saturated heterocycles. The van der Waals surface area contributed by atoms with Gasteiger partial charge in [-0.05, 0) is 6.92 Å². The first kappa shape index (κ1) is 11.8. The van der Waals surface area contributed by atoms with Gasteiger partial charge in [0.05, 0.1) is 12.7 Å². The van der Waals surface area contributed by atoms with Crippen molar-refractivity contribution in [3.05, 3.63) is 0 Å². The van der Waals surface area contributed by atoms with E-state index in [1.807, 2.05) is 0 Å². The lowest BCUT2D eigenvalue weighted by Gasteiger charge is -2.49. The molecule has 0 aliphatic heterocycles. The van der Waals surface area contributed by atoms with Gasteiger partial charge in [-0.1, -0.05) is 0 Å². The SMILES string of the molecule is CC1(O)C(O)C(O)CC(O)(CO)C1O. The second-order valence-corrected chi connectivity index (χ2v) is 4.11. The highest BCUT2D eigenvalue weighted by atomic mass is 16.4. The summed E-state index contributed by atoms with van der Waals surface area (Å²) in [6.45, 7) is 0.291. The Hall–Kier alpha value is -0.240. The van der Waals surface area contributed by atoms with Gasteiger partial charge in [-0.2, -0.15) is 0 Å². The molecule has 0 aromatic rings. The average molecular weight is 208 g/mol. The Kier molecular flexibility index (Phi) is 2.88. The first-order chi connectivity index (χ1) is 6.25. The van der Waals surface area contributed by atoms with Crippen LogP contribution in [-0.4, -0.2) is 66.8 Å². The van der Waals surface area contributed by atoms with Crippen LogP contribution in [0.4, 0.5) is 0 Å². The van der Waals surface area contributed by atoms with E-state index in [4.69, 9.17) is 5.11 Å². The van der Waals surface area contributed by atoms with Gasteiger partial charge in [0.25, 0.3) is 0 Å². The molecule has 0 heterocycles. The van der Waals surface area contributed by atoms with E-state index in [0.29, 0.717) is 0 Å². The van der Waals surface area contributed by atoms with Gasteiger partial charge in [0.1, 0.15) is 23.4 Å². The maximum Gasteiger partial charge on any atom is 0.119 e. The van der Waals surface area contributed by atoms with Gasteiger partial charge in [0, 0.05) is 6.42 Å². The van der Waals surface area contributed by atoms with Crippen LogP contribution in [0, 0.1) is 0 Å². The maximum atomic E-state index is 9.64. The molecule has 0 aromatic heterocycles. The number of hydrogen-bond donors (Lipinski definition) is 6. The van der Waals surface area contributed by atoms with E-state index < -0.39 is 36.1 Å². The number of aliphatic hydroxyl groups is 6. The third kappa shape index (κ3) is 1.54. The van der Waals surface area contributed by atoms with Gasteiger partial charge < -0.3 is 30.6 Å². The summed E-state index contributed by atoms with van der Waals surface area (Å²) < 4.78 is 0. The highest BCUT2D eigenvalue weighted by molar-refractivity contribution is 5.08. The number of aliphatic hydroxyl groups excluding tert-OH is 4. The predicted molar refractivity (Wildman–Crippen MR) is 45.3 cm³/mol. The summed E-state index contributed by atoms with van der Waals surface area (Å²) in [5, 5.41) is 56.3. The summed E-state index contributed by atoms with van der Waals surface area (Å²) in [6, 6.07) is 0. The minimum absolute atomic E-state index is 0.387. The molecule has 6 nitrogen and oxygen atoms in total. The van der Waals surface area contributed by atoms with Crippen LogP contribution in [0.15, 0.2) is 0 Å². The molecular formula is C8H16O6. The second-order valence-electron chi connectivity index (χ2n) is 4.11. The zero-order valence-corrected chi connectivity index (χ0v) is 7.83. The van der Waals surface area contributed by atoms with E-state index in [0.717, 1.165) is 6.92 Å². The van der Waals surface area contributed by atoms with Crippen LogP contribution in [0.25, 0.3) is 0 Å². The molecule has 0 aromatic carbocycles. The van der Waals surface area contributed by atoms with Crippen LogP contribution < -0.4 is 0 Å². The van der Waals surface area contributed by atoms with E-state index in [-0.39, 0.29) is 6.42 Å². The van der Waals surface area contributed by atoms with E-state index in [1.54, 1.807) is 0 Å². The molecule has 1 fully saturated rings. The molecule has 0 bridgehead atoms. The molecule has 14 heavy (non-hydrogen) atoms. The van der Waals surface area contributed by atoms with Gasteiger partial charge in [0.2, 0.25) is 0 Å². The Morgan fingerprint density at radius 1 is 1.21 bits per heavy atom. The lowest BCUT2D eigenvalue weighted by Crippen LogP contribution is -2.70. The second kappa shape index (κ2) is 3.41. The van der Waals surface area contributed by atoms with E-state index in [9.17, 15) is 25.5 Å². The van der Waals surface area contributed by atoms with Crippen molar-refractivity contribution in [2.24, 2.45) is 0 Å². The summed E-state index contributed by atoms with van der Waals surface area (Å²) in [5.74, 6) is 0. The Morgan fingerprint density at radius 2 is 1.71 bits per heavy atom. The molecular weight excluding hydrogens is 192 g/mol. The standard InChI is InChI=1S/C8H16O6/c1-7(13)5(11)4(10)2-8(14,3-9)6(7)12/h4-6,9-14H,2-3H2,1H3. The van der Waals surface area contributed by atoms with Crippen LogP contribution in [0.5, 0.6) is 0 Å². The molecule has 1 rings (SSSR count). The number of rotatable bonds is 1. The first-order valence-electron chi connectivity index (χ1n) is 4.35. The van der Waals surface area contributed by atoms with Crippen molar-refractivity contribution >= 4 is 0 Å². The molecule has 5 unspecified atom stereocenters. The van der Waals surface area contributed by atoms with Gasteiger partial charge in [-0.25, -0.2) is 0 Å². The zero-order chi connectivity index (χ0) is 11.1. The largest absolute Gasteiger partial charge is 0.393 e. The highest BCUT2D eigenvalue weighted by Gasteiger charge is 2.57. The van der Waals surface area contributed by atoms with Crippen molar-refractivity contribution in [2.45, 2.75) is 42.9 Å². The topological polar surface area (TPSA) is 121 Å². The van der Waals surface area contributed by atoms with Gasteiger partial charge >= 0.3 is 0 Å². The van der Waals surface area contributed by atoms with Gasteiger partial charge in [0.15, 0.2) is 0 Å². The summed E-state index contributed by atoms with van der Waals surface area (Å²) in [7, 11) is 0. The molecule has 6 heteroatoms. The molecule has 0 spiro atoms. The molecule has 0 amide bonds. The Bertz CT molecular complexity index is 213. The van der Waals surface area contributed by atoms with Crippen molar-refractivity contribution in [2.75, 3.05) is 6.61 Å². The summed E-state index contributed by atoms with van der Waals surface area (Å²) in [5.41, 5.74) is -4.03. The summed E-state index contributed by atoms with van der Waals surface area (Å²) in [4.78, 5) is 0. The molecule has 1 aliphatic rings. The van der Waals surface area contributed by atoms with Gasteiger partial charge in [-0.15, -0.1) is 0 Å². The van der Waals surface area contributed by atoms with Crippen molar-refractivity contribution in [3.8, 4) is 0 Å². The minimum atomic E-state index is -2.05. The van der Waals surface area contributed by atoms with Crippen molar-refractivity contribution < 1.29 is 30.6 Å². The van der Waals surface area contributed by atoms with E-state index in [2.05, 4.69) is 0 Å². The van der Waals surface area contributed by atoms with Gasteiger partial charge in [-0.3, -0.25) is 0 Å². The molecule has 6 N–H and O–H groups in total. The third-order valence-electron chi connectivity index (χ3n) is 2.86. The van der Waals surface area contributed by atoms with Crippen molar-refractivity contribution in [3.63, 3.8) is 0 Å². The van der Waals surface area contributed by atoms with Crippen LogP contribution in [-0.2, 0) is 0 Å². The molecule has 0 radical (unpaired) electrons. The Balaban J connectivity index is 2.99.